The first kappa shape index (κ1) is 14.4. The van der Waals surface area contributed by atoms with Gasteiger partial charge in [0.1, 0.15) is 11.8 Å². The third kappa shape index (κ3) is 4.25. The van der Waals surface area contributed by atoms with Crippen LogP contribution in [0, 0.1) is 0 Å². The normalized spacial score (nSPS) is 17.2. The van der Waals surface area contributed by atoms with Crippen LogP contribution in [0.4, 0.5) is 4.79 Å². The Morgan fingerprint density at radius 2 is 2.05 bits per heavy atom. The summed E-state index contributed by atoms with van der Waals surface area (Å²) in [4.78, 5) is 29.4. The lowest BCUT2D eigenvalue weighted by atomic mass is 9.98. The highest BCUT2D eigenvalue weighted by Gasteiger charge is 2.22. The van der Waals surface area contributed by atoms with Crippen LogP contribution in [0.25, 0.3) is 0 Å². The van der Waals surface area contributed by atoms with Gasteiger partial charge >= 0.3 is 12.1 Å². The number of hydrogen-bond acceptors (Lipinski definition) is 6. The van der Waals surface area contributed by atoms with Crippen molar-refractivity contribution in [1.82, 2.24) is 9.97 Å². The predicted octanol–water partition coefficient (Wildman–Crippen LogP) is 2.40. The third-order valence-electron chi connectivity index (χ3n) is 3.07. The van der Waals surface area contributed by atoms with Crippen molar-refractivity contribution in [2.45, 2.75) is 51.4 Å². The highest BCUT2D eigenvalue weighted by Crippen LogP contribution is 2.20. The number of rotatable bonds is 4. The van der Waals surface area contributed by atoms with Gasteiger partial charge in [-0.15, -0.1) is 0 Å². The monoisotopic (exact) mass is 282 g/mol. The lowest BCUT2D eigenvalue weighted by Gasteiger charge is -2.22. The Bertz CT molecular complexity index is 440. The molecule has 0 aromatic carbocycles. The minimum atomic E-state index is -1.01. The number of imidazole rings is 1. The molecule has 1 aliphatic rings. The number of nitrogens with zero attached hydrogens (tertiary/aromatic N) is 1. The number of nitrogens with one attached hydrogen (secondary N) is 1. The van der Waals surface area contributed by atoms with Gasteiger partial charge in [-0.05, 0) is 25.7 Å². The molecule has 2 rings (SSSR count). The highest BCUT2D eigenvalue weighted by atomic mass is 16.8. The Hall–Kier alpha value is -2.05. The van der Waals surface area contributed by atoms with E-state index in [0.29, 0.717) is 0 Å². The van der Waals surface area contributed by atoms with Crippen molar-refractivity contribution in [3.8, 4) is 0 Å². The van der Waals surface area contributed by atoms with Gasteiger partial charge in [0, 0.05) is 6.92 Å². The molecule has 0 radical (unpaired) electrons. The van der Waals surface area contributed by atoms with Crippen LogP contribution >= 0.6 is 0 Å². The summed E-state index contributed by atoms with van der Waals surface area (Å²) in [7, 11) is 0. The van der Waals surface area contributed by atoms with Crippen LogP contribution in [-0.2, 0) is 14.2 Å². The fourth-order valence-electron chi connectivity index (χ4n) is 2.09. The molecular formula is C13H18N2O5. The van der Waals surface area contributed by atoms with E-state index in [1.165, 1.54) is 25.9 Å². The molecular weight excluding hydrogens is 264 g/mol. The summed E-state index contributed by atoms with van der Waals surface area (Å²) < 4.78 is 15.0. The van der Waals surface area contributed by atoms with Crippen LogP contribution in [0.5, 0.6) is 0 Å². The molecule has 0 amide bonds. The summed E-state index contributed by atoms with van der Waals surface area (Å²) in [6.45, 7) is 1.45. The number of aromatic nitrogens is 2. The maximum absolute atomic E-state index is 11.6. The number of esters is 1. The minimum Gasteiger partial charge on any atom is -0.431 e. The second-order valence-corrected chi connectivity index (χ2v) is 4.68. The molecule has 1 unspecified atom stereocenters. The molecule has 0 saturated heterocycles. The SMILES string of the molecule is CC(OC(=O)OC1CCCCC1)OC(=O)c1cnc[nH]1. The third-order valence-corrected chi connectivity index (χ3v) is 3.07. The van der Waals surface area contributed by atoms with E-state index in [1.54, 1.807) is 0 Å². The van der Waals surface area contributed by atoms with Crippen LogP contribution in [0.1, 0.15) is 49.5 Å². The van der Waals surface area contributed by atoms with Crippen LogP contribution in [0.2, 0.25) is 0 Å². The van der Waals surface area contributed by atoms with Crippen molar-refractivity contribution in [3.63, 3.8) is 0 Å². The molecule has 7 heteroatoms. The first-order valence-corrected chi connectivity index (χ1v) is 6.72. The van der Waals surface area contributed by atoms with Crippen molar-refractivity contribution < 1.29 is 23.8 Å². The number of ether oxygens (including phenoxy) is 3. The van der Waals surface area contributed by atoms with Gasteiger partial charge < -0.3 is 19.2 Å². The number of aromatic amines is 1. The van der Waals surface area contributed by atoms with Crippen molar-refractivity contribution in [2.75, 3.05) is 0 Å². The molecule has 0 bridgehead atoms. The van der Waals surface area contributed by atoms with E-state index in [-0.39, 0.29) is 11.8 Å². The zero-order valence-corrected chi connectivity index (χ0v) is 11.3. The Labute approximate surface area is 116 Å². The van der Waals surface area contributed by atoms with E-state index in [9.17, 15) is 9.59 Å². The predicted molar refractivity (Wildman–Crippen MR) is 67.9 cm³/mol. The van der Waals surface area contributed by atoms with E-state index < -0.39 is 18.4 Å². The largest absolute Gasteiger partial charge is 0.511 e. The van der Waals surface area contributed by atoms with Crippen LogP contribution in [0.3, 0.4) is 0 Å². The van der Waals surface area contributed by atoms with E-state index >= 15 is 0 Å². The number of hydrogen-bond donors (Lipinski definition) is 1. The van der Waals surface area contributed by atoms with Gasteiger partial charge in [0.15, 0.2) is 0 Å². The summed E-state index contributed by atoms with van der Waals surface area (Å²) in [5, 5.41) is 0. The molecule has 1 aliphatic carbocycles. The molecule has 1 aromatic heterocycles. The van der Waals surface area contributed by atoms with Gasteiger partial charge in [0.05, 0.1) is 12.5 Å². The van der Waals surface area contributed by atoms with E-state index in [0.717, 1.165) is 25.7 Å². The quantitative estimate of drug-likeness (QED) is 0.673. The van der Waals surface area contributed by atoms with Gasteiger partial charge in [-0.1, -0.05) is 6.42 Å². The number of carbonyl (C=O) groups excluding carboxylic acids is 2. The zero-order chi connectivity index (χ0) is 14.4. The lowest BCUT2D eigenvalue weighted by Crippen LogP contribution is -2.26. The van der Waals surface area contributed by atoms with Crippen molar-refractivity contribution >= 4 is 12.1 Å². The first-order valence-electron chi connectivity index (χ1n) is 6.72. The van der Waals surface area contributed by atoms with Crippen LogP contribution < -0.4 is 0 Å². The smallest absolute Gasteiger partial charge is 0.431 e. The average molecular weight is 282 g/mol. The van der Waals surface area contributed by atoms with E-state index in [4.69, 9.17) is 14.2 Å². The molecule has 110 valence electrons. The molecule has 0 spiro atoms. The van der Waals surface area contributed by atoms with E-state index in [1.807, 2.05) is 0 Å². The zero-order valence-electron chi connectivity index (χ0n) is 11.3. The molecule has 1 N–H and O–H groups in total. The minimum absolute atomic E-state index is 0.0910. The van der Waals surface area contributed by atoms with Crippen LogP contribution in [0.15, 0.2) is 12.5 Å². The molecule has 1 fully saturated rings. The fraction of sp³-hybridized carbons (Fsp3) is 0.615. The van der Waals surface area contributed by atoms with Crippen molar-refractivity contribution in [1.29, 1.82) is 0 Å². The lowest BCUT2D eigenvalue weighted by molar-refractivity contribution is -0.0917. The maximum atomic E-state index is 11.6. The maximum Gasteiger partial charge on any atom is 0.511 e. The topological polar surface area (TPSA) is 90.5 Å². The summed E-state index contributed by atoms with van der Waals surface area (Å²) >= 11 is 0. The average Bonchev–Trinajstić information content (AvgIpc) is 2.93. The number of carbonyl (C=O) groups is 2. The molecule has 20 heavy (non-hydrogen) atoms. The Morgan fingerprint density at radius 3 is 2.70 bits per heavy atom. The summed E-state index contributed by atoms with van der Waals surface area (Å²) in [5.41, 5.74) is 0.195. The summed E-state index contributed by atoms with van der Waals surface area (Å²) in [5.74, 6) is -0.638. The van der Waals surface area contributed by atoms with Gasteiger partial charge in [-0.2, -0.15) is 0 Å². The second kappa shape index (κ2) is 6.93. The van der Waals surface area contributed by atoms with Gasteiger partial charge in [-0.3, -0.25) is 0 Å². The van der Waals surface area contributed by atoms with Gasteiger partial charge in [-0.25, -0.2) is 14.6 Å². The van der Waals surface area contributed by atoms with Crippen molar-refractivity contribution in [2.24, 2.45) is 0 Å². The molecule has 0 aliphatic heterocycles. The van der Waals surface area contributed by atoms with Crippen LogP contribution in [-0.4, -0.2) is 34.5 Å². The first-order chi connectivity index (χ1) is 9.65. The standard InChI is InChI=1S/C13H18N2O5/c1-9(18-12(16)11-7-14-8-15-11)19-13(17)20-10-5-3-2-4-6-10/h7-10H,2-6H2,1H3,(H,14,15). The molecule has 1 heterocycles. The Kier molecular flexibility index (Phi) is 4.97. The highest BCUT2D eigenvalue weighted by molar-refractivity contribution is 5.86. The Morgan fingerprint density at radius 1 is 1.30 bits per heavy atom. The summed E-state index contributed by atoms with van der Waals surface area (Å²) in [6.07, 6.45) is 5.79. The number of H-pyrrole nitrogens is 1. The molecule has 1 atom stereocenters. The molecule has 1 aromatic rings. The van der Waals surface area contributed by atoms with E-state index in [2.05, 4.69) is 9.97 Å². The van der Waals surface area contributed by atoms with Crippen molar-refractivity contribution in [3.05, 3.63) is 18.2 Å². The second-order valence-electron chi connectivity index (χ2n) is 4.68. The summed E-state index contributed by atoms with van der Waals surface area (Å²) in [6, 6.07) is 0. The molecule has 7 nitrogen and oxygen atoms in total. The van der Waals surface area contributed by atoms with Gasteiger partial charge in [0.2, 0.25) is 6.29 Å². The Balaban J connectivity index is 1.71. The molecule has 1 saturated carbocycles. The van der Waals surface area contributed by atoms with Gasteiger partial charge in [0.25, 0.3) is 0 Å². The fourth-order valence-corrected chi connectivity index (χ4v) is 2.09.